The quantitative estimate of drug-likeness (QED) is 0.831. The SMILES string of the molecule is CC(=O)Nc1ccc(C(=O)COc2cc(Cl)ccc2Cl)cc1. The minimum Gasteiger partial charge on any atom is -0.484 e. The third kappa shape index (κ3) is 4.48. The first-order valence-electron chi connectivity index (χ1n) is 6.44. The molecule has 0 unspecified atom stereocenters. The molecule has 0 fully saturated rings. The highest BCUT2D eigenvalue weighted by atomic mass is 35.5. The number of ether oxygens (including phenoxy) is 1. The van der Waals surface area contributed by atoms with E-state index in [1.807, 2.05) is 0 Å². The Morgan fingerprint density at radius 2 is 1.77 bits per heavy atom. The lowest BCUT2D eigenvalue weighted by atomic mass is 10.1. The summed E-state index contributed by atoms with van der Waals surface area (Å²) in [5, 5.41) is 3.49. The summed E-state index contributed by atoms with van der Waals surface area (Å²) in [5.41, 5.74) is 1.11. The molecule has 0 aliphatic rings. The van der Waals surface area contributed by atoms with E-state index in [1.54, 1.807) is 42.5 Å². The molecule has 0 aliphatic carbocycles. The third-order valence-corrected chi connectivity index (χ3v) is 3.33. The van der Waals surface area contributed by atoms with Gasteiger partial charge in [-0.3, -0.25) is 9.59 Å². The number of carbonyl (C=O) groups is 2. The van der Waals surface area contributed by atoms with Crippen LogP contribution in [-0.4, -0.2) is 18.3 Å². The van der Waals surface area contributed by atoms with Gasteiger partial charge in [0.25, 0.3) is 0 Å². The van der Waals surface area contributed by atoms with Gasteiger partial charge in [0.15, 0.2) is 12.4 Å². The fraction of sp³-hybridized carbons (Fsp3) is 0.125. The Kier molecular flexibility index (Phi) is 5.41. The molecule has 4 nitrogen and oxygen atoms in total. The number of Topliss-reactive ketones (excluding diaryl/α,β-unsaturated/α-hetero) is 1. The summed E-state index contributed by atoms with van der Waals surface area (Å²) in [5.74, 6) is -0.0131. The molecule has 0 heterocycles. The number of anilines is 1. The van der Waals surface area contributed by atoms with Crippen LogP contribution < -0.4 is 10.1 Å². The Hall–Kier alpha value is -2.04. The van der Waals surface area contributed by atoms with Crippen LogP contribution in [0.25, 0.3) is 0 Å². The summed E-state index contributed by atoms with van der Waals surface area (Å²) < 4.78 is 5.39. The molecule has 0 spiro atoms. The Morgan fingerprint density at radius 1 is 1.09 bits per heavy atom. The van der Waals surface area contributed by atoms with E-state index in [2.05, 4.69) is 5.32 Å². The first kappa shape index (κ1) is 16.3. The van der Waals surface area contributed by atoms with Crippen LogP contribution >= 0.6 is 23.2 Å². The molecule has 0 aromatic heterocycles. The van der Waals surface area contributed by atoms with Crippen molar-refractivity contribution in [3.8, 4) is 5.75 Å². The number of carbonyl (C=O) groups excluding carboxylic acids is 2. The van der Waals surface area contributed by atoms with Crippen LogP contribution in [0.3, 0.4) is 0 Å². The molecular weight excluding hydrogens is 325 g/mol. The first-order chi connectivity index (χ1) is 10.5. The maximum atomic E-state index is 12.1. The van der Waals surface area contributed by atoms with E-state index in [-0.39, 0.29) is 18.3 Å². The standard InChI is InChI=1S/C16H13Cl2NO3/c1-10(20)19-13-5-2-11(3-6-13)15(21)9-22-16-8-12(17)4-7-14(16)18/h2-8H,9H2,1H3,(H,19,20). The smallest absolute Gasteiger partial charge is 0.221 e. The molecule has 0 saturated heterocycles. The van der Waals surface area contributed by atoms with Gasteiger partial charge in [-0.1, -0.05) is 23.2 Å². The molecular formula is C16H13Cl2NO3. The molecule has 0 atom stereocenters. The van der Waals surface area contributed by atoms with Crippen molar-refractivity contribution in [1.29, 1.82) is 0 Å². The molecule has 114 valence electrons. The van der Waals surface area contributed by atoms with Crippen LogP contribution in [0.2, 0.25) is 10.0 Å². The van der Waals surface area contributed by atoms with Gasteiger partial charge < -0.3 is 10.1 Å². The Bertz CT molecular complexity index is 699. The second kappa shape index (κ2) is 7.29. The average Bonchev–Trinajstić information content (AvgIpc) is 2.48. The predicted molar refractivity (Wildman–Crippen MR) is 87.0 cm³/mol. The topological polar surface area (TPSA) is 55.4 Å². The van der Waals surface area contributed by atoms with Crippen LogP contribution in [0.4, 0.5) is 5.69 Å². The second-order valence-corrected chi connectivity index (χ2v) is 5.39. The van der Waals surface area contributed by atoms with Crippen LogP contribution in [0, 0.1) is 0 Å². The maximum Gasteiger partial charge on any atom is 0.221 e. The molecule has 1 amide bonds. The van der Waals surface area contributed by atoms with Crippen molar-refractivity contribution in [1.82, 2.24) is 0 Å². The number of amides is 1. The minimum absolute atomic E-state index is 0.153. The van der Waals surface area contributed by atoms with Crippen molar-refractivity contribution in [2.75, 3.05) is 11.9 Å². The van der Waals surface area contributed by atoms with Crippen molar-refractivity contribution in [3.63, 3.8) is 0 Å². The number of nitrogens with one attached hydrogen (secondary N) is 1. The van der Waals surface area contributed by atoms with Gasteiger partial charge in [0, 0.05) is 29.3 Å². The zero-order chi connectivity index (χ0) is 16.1. The molecule has 0 bridgehead atoms. The van der Waals surface area contributed by atoms with Gasteiger partial charge in [-0.2, -0.15) is 0 Å². The van der Waals surface area contributed by atoms with Gasteiger partial charge in [0.05, 0.1) is 5.02 Å². The predicted octanol–water partition coefficient (Wildman–Crippen LogP) is 4.21. The van der Waals surface area contributed by atoms with Crippen molar-refractivity contribution in [2.45, 2.75) is 6.92 Å². The molecule has 2 rings (SSSR count). The Balaban J connectivity index is 2.00. The monoisotopic (exact) mass is 337 g/mol. The van der Waals surface area contributed by atoms with Gasteiger partial charge in [0.2, 0.25) is 5.91 Å². The van der Waals surface area contributed by atoms with Crippen LogP contribution in [0.1, 0.15) is 17.3 Å². The maximum absolute atomic E-state index is 12.1. The van der Waals surface area contributed by atoms with E-state index >= 15 is 0 Å². The summed E-state index contributed by atoms with van der Waals surface area (Å²) >= 11 is 11.8. The highest BCUT2D eigenvalue weighted by molar-refractivity contribution is 6.34. The molecule has 2 aromatic rings. The average molecular weight is 338 g/mol. The van der Waals surface area contributed by atoms with Crippen molar-refractivity contribution in [3.05, 3.63) is 58.1 Å². The van der Waals surface area contributed by atoms with E-state index in [0.29, 0.717) is 27.0 Å². The Labute approximate surface area is 138 Å². The largest absolute Gasteiger partial charge is 0.484 e. The number of hydrogen-bond donors (Lipinski definition) is 1. The summed E-state index contributed by atoms with van der Waals surface area (Å²) in [4.78, 5) is 23.0. The number of halogens is 2. The molecule has 6 heteroatoms. The second-order valence-electron chi connectivity index (χ2n) is 4.55. The molecule has 2 aromatic carbocycles. The fourth-order valence-corrected chi connectivity index (χ4v) is 2.09. The van der Waals surface area contributed by atoms with E-state index in [0.717, 1.165) is 0 Å². The molecule has 0 aliphatic heterocycles. The lowest BCUT2D eigenvalue weighted by molar-refractivity contribution is -0.114. The molecule has 0 radical (unpaired) electrons. The van der Waals surface area contributed by atoms with E-state index < -0.39 is 0 Å². The van der Waals surface area contributed by atoms with E-state index in [1.165, 1.54) is 6.92 Å². The normalized spacial score (nSPS) is 10.1. The first-order valence-corrected chi connectivity index (χ1v) is 7.20. The fourth-order valence-electron chi connectivity index (χ4n) is 1.76. The van der Waals surface area contributed by atoms with Crippen molar-refractivity contribution >= 4 is 40.6 Å². The zero-order valence-electron chi connectivity index (χ0n) is 11.7. The van der Waals surface area contributed by atoms with Crippen molar-refractivity contribution < 1.29 is 14.3 Å². The number of hydrogen-bond acceptors (Lipinski definition) is 3. The molecule has 1 N–H and O–H groups in total. The van der Waals surface area contributed by atoms with Gasteiger partial charge in [-0.15, -0.1) is 0 Å². The van der Waals surface area contributed by atoms with Gasteiger partial charge >= 0.3 is 0 Å². The highest BCUT2D eigenvalue weighted by Crippen LogP contribution is 2.27. The molecule has 22 heavy (non-hydrogen) atoms. The highest BCUT2D eigenvalue weighted by Gasteiger charge is 2.09. The lowest BCUT2D eigenvalue weighted by Gasteiger charge is -2.08. The number of ketones is 1. The van der Waals surface area contributed by atoms with Crippen LogP contribution in [0.15, 0.2) is 42.5 Å². The lowest BCUT2D eigenvalue weighted by Crippen LogP contribution is -2.12. The van der Waals surface area contributed by atoms with E-state index in [4.69, 9.17) is 27.9 Å². The van der Waals surface area contributed by atoms with Crippen LogP contribution in [-0.2, 0) is 4.79 Å². The van der Waals surface area contributed by atoms with Gasteiger partial charge in [-0.25, -0.2) is 0 Å². The van der Waals surface area contributed by atoms with Gasteiger partial charge in [0.1, 0.15) is 5.75 Å². The third-order valence-electron chi connectivity index (χ3n) is 2.78. The number of rotatable bonds is 5. The molecule has 0 saturated carbocycles. The summed E-state index contributed by atoms with van der Waals surface area (Å²) in [7, 11) is 0. The number of benzene rings is 2. The zero-order valence-corrected chi connectivity index (χ0v) is 13.2. The van der Waals surface area contributed by atoms with Crippen molar-refractivity contribution in [2.24, 2.45) is 0 Å². The summed E-state index contributed by atoms with van der Waals surface area (Å²) in [6.45, 7) is 1.27. The summed E-state index contributed by atoms with van der Waals surface area (Å²) in [6, 6.07) is 11.3. The summed E-state index contributed by atoms with van der Waals surface area (Å²) in [6.07, 6.45) is 0. The minimum atomic E-state index is -0.203. The van der Waals surface area contributed by atoms with E-state index in [9.17, 15) is 9.59 Å². The van der Waals surface area contributed by atoms with Gasteiger partial charge in [-0.05, 0) is 36.4 Å². The Morgan fingerprint density at radius 3 is 2.41 bits per heavy atom. The van der Waals surface area contributed by atoms with Crippen LogP contribution in [0.5, 0.6) is 5.75 Å².